The maximum absolute atomic E-state index is 14.3. The van der Waals surface area contributed by atoms with Crippen molar-refractivity contribution in [1.29, 1.82) is 5.26 Å². The highest BCUT2D eigenvalue weighted by Crippen LogP contribution is 2.23. The average molecular weight is 356 g/mol. The van der Waals surface area contributed by atoms with E-state index in [4.69, 9.17) is 5.11 Å². The van der Waals surface area contributed by atoms with E-state index in [0.29, 0.717) is 11.1 Å². The minimum absolute atomic E-state index is 0.100. The van der Waals surface area contributed by atoms with E-state index in [-0.39, 0.29) is 12.1 Å². The minimum Gasteiger partial charge on any atom is -0.449 e. The van der Waals surface area contributed by atoms with Crippen LogP contribution in [0, 0.1) is 23.0 Å². The van der Waals surface area contributed by atoms with Gasteiger partial charge < -0.3 is 14.4 Å². The second-order valence-electron chi connectivity index (χ2n) is 5.34. The van der Waals surface area contributed by atoms with E-state index in [1.807, 2.05) is 6.07 Å². The lowest BCUT2D eigenvalue weighted by Gasteiger charge is -2.14. The number of halogens is 2. The van der Waals surface area contributed by atoms with E-state index in [2.05, 4.69) is 4.74 Å². The zero-order valence-corrected chi connectivity index (χ0v) is 13.1. The van der Waals surface area contributed by atoms with Crippen LogP contribution in [-0.2, 0) is 6.54 Å². The van der Waals surface area contributed by atoms with E-state index in [1.165, 1.54) is 0 Å². The van der Waals surface area contributed by atoms with Crippen molar-refractivity contribution in [3.63, 3.8) is 0 Å². The van der Waals surface area contributed by atoms with Gasteiger partial charge in [0.1, 0.15) is 11.6 Å². The van der Waals surface area contributed by atoms with Crippen molar-refractivity contribution in [2.45, 2.75) is 6.54 Å². The second-order valence-corrected chi connectivity index (χ2v) is 5.34. The molecule has 130 valence electrons. The molecule has 0 atom stereocenters. The molecule has 0 fully saturated rings. The predicted octanol–water partition coefficient (Wildman–Crippen LogP) is 3.26. The molecular weight excluding hydrogens is 346 g/mol. The van der Waals surface area contributed by atoms with Crippen molar-refractivity contribution in [2.75, 3.05) is 0 Å². The number of pyridine rings is 1. The molecule has 3 aromatic rings. The second kappa shape index (κ2) is 6.64. The summed E-state index contributed by atoms with van der Waals surface area (Å²) < 4.78 is 34.1. The Morgan fingerprint density at radius 1 is 1.19 bits per heavy atom. The molecule has 0 radical (unpaired) electrons. The number of fused-ring (bicyclic) bond motifs is 1. The monoisotopic (exact) mass is 356 g/mol. The maximum atomic E-state index is 14.3. The fourth-order valence-corrected chi connectivity index (χ4v) is 2.67. The van der Waals surface area contributed by atoms with E-state index >= 15 is 0 Å². The van der Waals surface area contributed by atoms with Crippen LogP contribution in [0.3, 0.4) is 0 Å². The molecule has 6 nitrogen and oxygen atoms in total. The van der Waals surface area contributed by atoms with Gasteiger partial charge in [-0.1, -0.05) is 18.2 Å². The highest BCUT2D eigenvalue weighted by Gasteiger charge is 2.19. The standard InChI is InChI=1S/C18H10F2N2O4/c19-12-5-6-13(20)16-15(12)17(23)14(26-18(24)25)9-22(16)8-11-4-2-1-3-10(11)7-21/h1-6,9H,8H2,(H,24,25). The summed E-state index contributed by atoms with van der Waals surface area (Å²) in [5.74, 6) is -2.54. The number of ether oxygens (including phenoxy) is 1. The SMILES string of the molecule is N#Cc1ccccc1Cn1cc(OC(=O)O)c(=O)c2c(F)ccc(F)c21. The first-order chi connectivity index (χ1) is 12.4. The summed E-state index contributed by atoms with van der Waals surface area (Å²) >= 11 is 0. The van der Waals surface area contributed by atoms with Crippen molar-refractivity contribution in [1.82, 2.24) is 4.57 Å². The number of nitriles is 1. The highest BCUT2D eigenvalue weighted by atomic mass is 19.1. The molecule has 26 heavy (non-hydrogen) atoms. The summed E-state index contributed by atoms with van der Waals surface area (Å²) in [4.78, 5) is 23.1. The molecule has 0 spiro atoms. The third kappa shape index (κ3) is 2.98. The van der Waals surface area contributed by atoms with Gasteiger partial charge in [-0.05, 0) is 23.8 Å². The maximum Gasteiger partial charge on any atom is 0.511 e. The van der Waals surface area contributed by atoms with Crippen LogP contribution in [0.4, 0.5) is 13.6 Å². The normalized spacial score (nSPS) is 10.5. The molecule has 1 heterocycles. The highest BCUT2D eigenvalue weighted by molar-refractivity contribution is 5.82. The first-order valence-corrected chi connectivity index (χ1v) is 7.32. The predicted molar refractivity (Wildman–Crippen MR) is 87.0 cm³/mol. The van der Waals surface area contributed by atoms with Gasteiger partial charge in [-0.15, -0.1) is 0 Å². The quantitative estimate of drug-likeness (QED) is 0.727. The lowest BCUT2D eigenvalue weighted by Crippen LogP contribution is -2.18. The number of carboxylic acid groups (broad SMARTS) is 1. The van der Waals surface area contributed by atoms with Gasteiger partial charge in [-0.2, -0.15) is 5.26 Å². The van der Waals surface area contributed by atoms with Crippen LogP contribution in [0.5, 0.6) is 5.75 Å². The van der Waals surface area contributed by atoms with Crippen LogP contribution in [0.1, 0.15) is 11.1 Å². The molecule has 0 unspecified atom stereocenters. The lowest BCUT2D eigenvalue weighted by molar-refractivity contribution is 0.144. The Hall–Kier alpha value is -3.73. The van der Waals surface area contributed by atoms with Gasteiger partial charge in [0.15, 0.2) is 5.75 Å². The van der Waals surface area contributed by atoms with E-state index < -0.39 is 34.4 Å². The summed E-state index contributed by atoms with van der Waals surface area (Å²) in [6, 6.07) is 10.1. The fourth-order valence-electron chi connectivity index (χ4n) is 2.67. The van der Waals surface area contributed by atoms with Crippen molar-refractivity contribution in [2.24, 2.45) is 0 Å². The van der Waals surface area contributed by atoms with Crippen molar-refractivity contribution < 1.29 is 23.4 Å². The van der Waals surface area contributed by atoms with Crippen LogP contribution in [0.15, 0.2) is 47.4 Å². The molecule has 0 saturated heterocycles. The number of hydrogen-bond acceptors (Lipinski definition) is 4. The van der Waals surface area contributed by atoms with E-state index in [9.17, 15) is 23.6 Å². The van der Waals surface area contributed by atoms with Crippen molar-refractivity contribution >= 4 is 17.1 Å². The van der Waals surface area contributed by atoms with E-state index in [1.54, 1.807) is 24.3 Å². The van der Waals surface area contributed by atoms with Gasteiger partial charge in [0, 0.05) is 6.54 Å². The molecule has 8 heteroatoms. The van der Waals surface area contributed by atoms with Crippen LogP contribution >= 0.6 is 0 Å². The first kappa shape index (κ1) is 17.1. The molecule has 0 amide bonds. The molecule has 3 rings (SSSR count). The Balaban J connectivity index is 2.32. The number of aromatic nitrogens is 1. The third-order valence-electron chi connectivity index (χ3n) is 3.76. The number of hydrogen-bond donors (Lipinski definition) is 1. The number of rotatable bonds is 3. The van der Waals surface area contributed by atoms with Crippen LogP contribution < -0.4 is 10.2 Å². The van der Waals surface area contributed by atoms with E-state index in [0.717, 1.165) is 22.9 Å². The summed E-state index contributed by atoms with van der Waals surface area (Å²) in [5.41, 5.74) is -0.647. The van der Waals surface area contributed by atoms with Crippen LogP contribution in [0.2, 0.25) is 0 Å². The Morgan fingerprint density at radius 2 is 1.88 bits per heavy atom. The Bertz CT molecular complexity index is 1130. The minimum atomic E-state index is -1.76. The Labute approximate surface area is 145 Å². The Kier molecular flexibility index (Phi) is 4.37. The van der Waals surface area contributed by atoms with Crippen molar-refractivity contribution in [3.05, 3.63) is 75.6 Å². The molecule has 0 aliphatic rings. The first-order valence-electron chi connectivity index (χ1n) is 7.32. The zero-order chi connectivity index (χ0) is 18.8. The van der Waals surface area contributed by atoms with Crippen LogP contribution in [-0.4, -0.2) is 15.8 Å². The van der Waals surface area contributed by atoms with Gasteiger partial charge in [0.2, 0.25) is 5.43 Å². The molecule has 0 aliphatic carbocycles. The van der Waals surface area contributed by atoms with Gasteiger partial charge in [-0.3, -0.25) is 4.79 Å². The number of nitrogens with zero attached hydrogens (tertiary/aromatic N) is 2. The van der Waals surface area contributed by atoms with Gasteiger partial charge in [-0.25, -0.2) is 13.6 Å². The van der Waals surface area contributed by atoms with Gasteiger partial charge in [0.05, 0.1) is 28.7 Å². The number of benzene rings is 2. The lowest BCUT2D eigenvalue weighted by atomic mass is 10.1. The summed E-state index contributed by atoms with van der Waals surface area (Å²) in [5, 5.41) is 17.3. The van der Waals surface area contributed by atoms with Gasteiger partial charge in [0.25, 0.3) is 0 Å². The smallest absolute Gasteiger partial charge is 0.449 e. The van der Waals surface area contributed by atoms with Crippen molar-refractivity contribution in [3.8, 4) is 11.8 Å². The van der Waals surface area contributed by atoms with Gasteiger partial charge >= 0.3 is 6.16 Å². The Morgan fingerprint density at radius 3 is 2.58 bits per heavy atom. The third-order valence-corrected chi connectivity index (χ3v) is 3.76. The molecule has 0 aliphatic heterocycles. The topological polar surface area (TPSA) is 92.3 Å². The summed E-state index contributed by atoms with van der Waals surface area (Å²) in [6.07, 6.45) is -0.780. The largest absolute Gasteiger partial charge is 0.511 e. The zero-order valence-electron chi connectivity index (χ0n) is 13.1. The fraction of sp³-hybridized carbons (Fsp3) is 0.0556. The molecule has 0 saturated carbocycles. The molecule has 0 bridgehead atoms. The molecule has 1 aromatic heterocycles. The molecule has 2 aromatic carbocycles. The average Bonchev–Trinajstić information content (AvgIpc) is 2.61. The molecule has 1 N–H and O–H groups in total. The molecular formula is C18H10F2N2O4. The van der Waals surface area contributed by atoms with Crippen LogP contribution in [0.25, 0.3) is 10.9 Å². The summed E-state index contributed by atoms with van der Waals surface area (Å²) in [7, 11) is 0. The number of carbonyl (C=O) groups is 1. The summed E-state index contributed by atoms with van der Waals surface area (Å²) in [6.45, 7) is -0.100.